The summed E-state index contributed by atoms with van der Waals surface area (Å²) in [6.45, 7) is 3.59. The Morgan fingerprint density at radius 3 is 2.27 bits per heavy atom. The van der Waals surface area contributed by atoms with Gasteiger partial charge in [-0.05, 0) is 0 Å². The zero-order valence-corrected chi connectivity index (χ0v) is 10.2. The van der Waals surface area contributed by atoms with Crippen LogP contribution in [0.5, 0.6) is 0 Å². The maximum atomic E-state index is 11.1. The first-order chi connectivity index (χ1) is 5.24. The lowest BCUT2D eigenvalue weighted by atomic mass is 10.4. The van der Waals surface area contributed by atoms with Crippen molar-refractivity contribution in [2.24, 2.45) is 0 Å². The van der Waals surface area contributed by atoms with Gasteiger partial charge in [0, 0.05) is 49.0 Å². The molecule has 0 aromatic rings. The Kier molecular flexibility index (Phi) is 4.13. The minimum absolute atomic E-state index is 0.0232. The molecule has 1 saturated heterocycles. The van der Waals surface area contributed by atoms with Crippen molar-refractivity contribution < 1.29 is 4.79 Å². The van der Waals surface area contributed by atoms with Gasteiger partial charge in [-0.3, -0.25) is 3.53 Å². The minimum atomic E-state index is 0.0232. The topological polar surface area (TPSA) is 35.6 Å². The van der Waals surface area contributed by atoms with Crippen LogP contribution in [0.2, 0.25) is 0 Å². The van der Waals surface area contributed by atoms with Gasteiger partial charge < -0.3 is 4.90 Å². The van der Waals surface area contributed by atoms with Crippen molar-refractivity contribution in [2.45, 2.75) is 0 Å². The van der Waals surface area contributed by atoms with Crippen molar-refractivity contribution in [1.82, 2.24) is 11.5 Å². The van der Waals surface area contributed by atoms with Crippen LogP contribution in [0.15, 0.2) is 0 Å². The molecule has 0 aliphatic carbocycles. The number of hydrogen-bond acceptors (Lipinski definition) is 2. The molecule has 6 heteroatoms. The first kappa shape index (κ1) is 9.78. The molecule has 0 spiro atoms. The summed E-state index contributed by atoms with van der Waals surface area (Å²) in [6, 6.07) is 0.0232. The van der Waals surface area contributed by atoms with Crippen molar-refractivity contribution in [3.63, 3.8) is 0 Å². The molecule has 1 aliphatic heterocycles. The van der Waals surface area contributed by atoms with Crippen molar-refractivity contribution in [1.29, 1.82) is 0 Å². The highest BCUT2D eigenvalue weighted by Crippen LogP contribution is 2.06. The molecule has 1 heterocycles. The van der Waals surface area contributed by atoms with Crippen LogP contribution in [0, 0.1) is 0 Å². The Bertz CT molecular complexity index is 147. The fraction of sp³-hybridized carbons (Fsp3) is 0.800. The molecule has 0 aromatic carbocycles. The number of nitrogens with zero attached hydrogens (tertiary/aromatic N) is 2. The fourth-order valence-electron chi connectivity index (χ4n) is 0.945. The molecule has 4 nitrogen and oxygen atoms in total. The van der Waals surface area contributed by atoms with Gasteiger partial charge in [-0.25, -0.2) is 7.91 Å². The molecule has 0 radical (unpaired) electrons. The third kappa shape index (κ3) is 2.90. The van der Waals surface area contributed by atoms with Crippen molar-refractivity contribution in [3.05, 3.63) is 0 Å². The lowest BCUT2D eigenvalue weighted by Crippen LogP contribution is -2.47. The maximum Gasteiger partial charge on any atom is 0.326 e. The van der Waals surface area contributed by atoms with Crippen LogP contribution < -0.4 is 3.53 Å². The number of hydrogen-bond donors (Lipinski definition) is 1. The second-order valence-electron chi connectivity index (χ2n) is 2.30. The quantitative estimate of drug-likeness (QED) is 0.503. The number of carbonyl (C=O) groups is 1. The van der Waals surface area contributed by atoms with Gasteiger partial charge in [0.2, 0.25) is 0 Å². The maximum absolute atomic E-state index is 11.1. The molecule has 64 valence electrons. The molecule has 1 rings (SSSR count). The largest absolute Gasteiger partial charge is 0.326 e. The lowest BCUT2D eigenvalue weighted by Gasteiger charge is -2.30. The van der Waals surface area contributed by atoms with Gasteiger partial charge in [0.1, 0.15) is 0 Å². The van der Waals surface area contributed by atoms with E-state index in [-0.39, 0.29) is 6.03 Å². The summed E-state index contributed by atoms with van der Waals surface area (Å²) in [5, 5.41) is 0. The lowest BCUT2D eigenvalue weighted by molar-refractivity contribution is 0.186. The Balaban J connectivity index is 2.33. The van der Waals surface area contributed by atoms with Crippen molar-refractivity contribution in [3.8, 4) is 0 Å². The predicted molar refractivity (Wildman–Crippen MR) is 59.7 cm³/mol. The van der Waals surface area contributed by atoms with Crippen LogP contribution in [0.3, 0.4) is 0 Å². The molecular formula is C5H9I2N3O. The van der Waals surface area contributed by atoms with E-state index < -0.39 is 0 Å². The van der Waals surface area contributed by atoms with E-state index in [9.17, 15) is 4.79 Å². The Labute approximate surface area is 93.7 Å². The molecule has 2 amide bonds. The summed E-state index contributed by atoms with van der Waals surface area (Å²) in [6.07, 6.45) is 0. The van der Waals surface area contributed by atoms with E-state index in [4.69, 9.17) is 0 Å². The van der Waals surface area contributed by atoms with E-state index in [0.717, 1.165) is 26.2 Å². The average molecular weight is 381 g/mol. The van der Waals surface area contributed by atoms with Gasteiger partial charge in [-0.15, -0.1) is 0 Å². The second-order valence-corrected chi connectivity index (χ2v) is 4.20. The van der Waals surface area contributed by atoms with Gasteiger partial charge in [0.25, 0.3) is 0 Å². The highest BCUT2D eigenvalue weighted by atomic mass is 127. The van der Waals surface area contributed by atoms with Gasteiger partial charge in [0.05, 0.1) is 22.9 Å². The number of amides is 2. The fourth-order valence-corrected chi connectivity index (χ4v) is 1.72. The number of urea groups is 1. The van der Waals surface area contributed by atoms with E-state index in [1.165, 1.54) is 0 Å². The van der Waals surface area contributed by atoms with E-state index in [1.54, 1.807) is 0 Å². The number of piperazine rings is 1. The van der Waals surface area contributed by atoms with Crippen LogP contribution in [-0.4, -0.2) is 40.2 Å². The Morgan fingerprint density at radius 2 is 1.82 bits per heavy atom. The van der Waals surface area contributed by atoms with E-state index in [2.05, 4.69) is 29.5 Å². The predicted octanol–water partition coefficient (Wildman–Crippen LogP) is 1.01. The normalized spacial score (nSPS) is 20.0. The molecule has 0 saturated carbocycles. The summed E-state index contributed by atoms with van der Waals surface area (Å²) in [5.74, 6) is 0. The van der Waals surface area contributed by atoms with E-state index >= 15 is 0 Å². The van der Waals surface area contributed by atoms with Crippen molar-refractivity contribution in [2.75, 3.05) is 26.2 Å². The second kappa shape index (κ2) is 4.65. The van der Waals surface area contributed by atoms with Gasteiger partial charge in [0.15, 0.2) is 0 Å². The highest BCUT2D eigenvalue weighted by Gasteiger charge is 2.18. The molecule has 1 N–H and O–H groups in total. The molecule has 0 atom stereocenters. The van der Waals surface area contributed by atoms with Crippen LogP contribution >= 0.6 is 45.7 Å². The standard InChI is InChI=1S/C5H9I2N3O/c6-8-5(11)9-1-3-10(7)4-2-9/h1-4H2,(H,8,11). The third-order valence-corrected chi connectivity index (χ3v) is 3.02. The number of nitrogens with one attached hydrogen (secondary N) is 1. The molecule has 0 aromatic heterocycles. The van der Waals surface area contributed by atoms with Crippen molar-refractivity contribution >= 4 is 51.8 Å². The highest BCUT2D eigenvalue weighted by molar-refractivity contribution is 14.1. The van der Waals surface area contributed by atoms with Crippen LogP contribution in [-0.2, 0) is 0 Å². The SMILES string of the molecule is O=C(NI)N1CCN(I)CC1. The zero-order chi connectivity index (χ0) is 8.27. The minimum Gasteiger partial charge on any atom is -0.322 e. The Morgan fingerprint density at radius 1 is 1.27 bits per heavy atom. The first-order valence-corrected chi connectivity index (χ1v) is 5.34. The summed E-state index contributed by atoms with van der Waals surface area (Å²) in [7, 11) is 0. The number of halogens is 2. The summed E-state index contributed by atoms with van der Waals surface area (Å²) < 4.78 is 4.77. The molecule has 1 fully saturated rings. The van der Waals surface area contributed by atoms with E-state index in [1.807, 2.05) is 27.8 Å². The summed E-state index contributed by atoms with van der Waals surface area (Å²) >= 11 is 4.14. The molecule has 0 unspecified atom stereocenters. The summed E-state index contributed by atoms with van der Waals surface area (Å²) in [5.41, 5.74) is 0. The van der Waals surface area contributed by atoms with Gasteiger partial charge >= 0.3 is 6.03 Å². The molecule has 0 bridgehead atoms. The van der Waals surface area contributed by atoms with Gasteiger partial charge in [-0.1, -0.05) is 0 Å². The van der Waals surface area contributed by atoms with Gasteiger partial charge in [-0.2, -0.15) is 0 Å². The zero-order valence-electron chi connectivity index (χ0n) is 5.89. The van der Waals surface area contributed by atoms with Crippen LogP contribution in [0.25, 0.3) is 0 Å². The molecule has 1 aliphatic rings. The average Bonchev–Trinajstić information content (AvgIpc) is 2.05. The molecular weight excluding hydrogens is 372 g/mol. The van der Waals surface area contributed by atoms with E-state index in [0.29, 0.717) is 0 Å². The number of carbonyl (C=O) groups excluding carboxylic acids is 1. The summed E-state index contributed by atoms with van der Waals surface area (Å²) in [4.78, 5) is 12.9. The first-order valence-electron chi connectivity index (χ1n) is 3.30. The smallest absolute Gasteiger partial charge is 0.322 e. The number of rotatable bonds is 0. The third-order valence-electron chi connectivity index (χ3n) is 1.59. The molecule has 11 heavy (non-hydrogen) atoms. The monoisotopic (exact) mass is 381 g/mol. The Hall–Kier alpha value is 0.690. The van der Waals surface area contributed by atoms with Crippen LogP contribution in [0.1, 0.15) is 0 Å². The van der Waals surface area contributed by atoms with Crippen LogP contribution in [0.4, 0.5) is 4.79 Å².